The zero-order chi connectivity index (χ0) is 27.6. The summed E-state index contributed by atoms with van der Waals surface area (Å²) in [5, 5.41) is 3.47. The summed E-state index contributed by atoms with van der Waals surface area (Å²) in [5.74, 6) is 0.715. The van der Waals surface area contributed by atoms with E-state index in [2.05, 4.69) is 45.4 Å². The van der Waals surface area contributed by atoms with Gasteiger partial charge in [-0.15, -0.1) is 0 Å². The van der Waals surface area contributed by atoms with Gasteiger partial charge >= 0.3 is 11.7 Å². The number of carbonyl (C=O) groups excluding carboxylic acids is 1. The second kappa shape index (κ2) is 11.3. The molecule has 40 heavy (non-hydrogen) atoms. The summed E-state index contributed by atoms with van der Waals surface area (Å²) >= 11 is 0. The molecule has 0 spiro atoms. The molecule has 208 valence electrons. The molecule has 1 saturated heterocycles. The van der Waals surface area contributed by atoms with Gasteiger partial charge in [0.1, 0.15) is 11.6 Å². The van der Waals surface area contributed by atoms with Crippen LogP contribution in [-0.4, -0.2) is 59.8 Å². The van der Waals surface area contributed by atoms with Crippen LogP contribution in [0, 0.1) is 0 Å². The first-order chi connectivity index (χ1) is 19.5. The van der Waals surface area contributed by atoms with Crippen molar-refractivity contribution in [1.29, 1.82) is 0 Å². The van der Waals surface area contributed by atoms with Crippen molar-refractivity contribution < 1.29 is 9.53 Å². The molecule has 8 nitrogen and oxygen atoms in total. The molecular weight excluding hydrogens is 502 g/mol. The number of piperazine rings is 1. The topological polar surface area (TPSA) is 79.7 Å². The Morgan fingerprint density at radius 3 is 2.33 bits per heavy atom. The Labute approximate surface area is 235 Å². The molecule has 0 bridgehead atoms. The second-order valence-corrected chi connectivity index (χ2v) is 10.9. The third-order valence-electron chi connectivity index (χ3n) is 8.20. The van der Waals surface area contributed by atoms with Crippen LogP contribution in [0.15, 0.2) is 76.7 Å². The maximum Gasteiger partial charge on any atom is 0.351 e. The summed E-state index contributed by atoms with van der Waals surface area (Å²) in [5.41, 5.74) is 4.29. The summed E-state index contributed by atoms with van der Waals surface area (Å²) in [6.07, 6.45) is 2.93. The van der Waals surface area contributed by atoms with Gasteiger partial charge in [0.2, 0.25) is 0 Å². The van der Waals surface area contributed by atoms with Crippen LogP contribution < -0.4 is 15.9 Å². The molecule has 0 amide bonds. The third kappa shape index (κ3) is 5.16. The molecule has 1 aliphatic carbocycles. The average Bonchev–Trinajstić information content (AvgIpc) is 3.81. The van der Waals surface area contributed by atoms with Crippen molar-refractivity contribution in [2.75, 3.05) is 49.5 Å². The van der Waals surface area contributed by atoms with Gasteiger partial charge in [-0.25, -0.2) is 9.59 Å². The zero-order valence-corrected chi connectivity index (χ0v) is 23.3. The Bertz CT molecular complexity index is 1460. The molecule has 1 atom stereocenters. The van der Waals surface area contributed by atoms with Crippen LogP contribution in [0.5, 0.6) is 0 Å². The molecule has 2 aromatic carbocycles. The normalized spacial score (nSPS) is 19.2. The highest BCUT2D eigenvalue weighted by Gasteiger charge is 2.41. The number of benzene rings is 2. The Morgan fingerprint density at radius 1 is 1.00 bits per heavy atom. The average molecular weight is 540 g/mol. The molecule has 1 saturated carbocycles. The molecule has 3 aliphatic rings. The Hall–Kier alpha value is -3.91. The SMILES string of the molecule is CCOC(=O)C1=C(C)Nc2c(c(N3CCN(CCc4ccccc4)CC3)nc(=O)n2C2CC2)[C@@H]1c1ccccc1. The molecule has 6 rings (SSSR count). The Kier molecular flexibility index (Phi) is 7.43. The van der Waals surface area contributed by atoms with Crippen molar-refractivity contribution in [2.45, 2.75) is 45.1 Å². The first kappa shape index (κ1) is 26.3. The van der Waals surface area contributed by atoms with E-state index in [9.17, 15) is 9.59 Å². The summed E-state index contributed by atoms with van der Waals surface area (Å²) in [7, 11) is 0. The standard InChI is InChI=1S/C32H37N5O3/c1-3-40-31(38)26-22(2)33-30-28(27(26)24-12-8-5-9-13-24)29(34-32(39)37(30)25-14-15-25)36-20-18-35(19-21-36)17-16-23-10-6-4-7-11-23/h4-13,25,27,33H,3,14-21H2,1-2H3/t27-/m1/s1. The number of fused-ring (bicyclic) bond motifs is 1. The summed E-state index contributed by atoms with van der Waals surface area (Å²) in [6.45, 7) is 8.32. The minimum Gasteiger partial charge on any atom is -0.463 e. The Morgan fingerprint density at radius 2 is 1.68 bits per heavy atom. The van der Waals surface area contributed by atoms with E-state index in [1.54, 1.807) is 0 Å². The van der Waals surface area contributed by atoms with Crippen molar-refractivity contribution in [2.24, 2.45) is 0 Å². The highest BCUT2D eigenvalue weighted by atomic mass is 16.5. The van der Waals surface area contributed by atoms with Crippen LogP contribution in [-0.2, 0) is 16.0 Å². The zero-order valence-electron chi connectivity index (χ0n) is 23.3. The van der Waals surface area contributed by atoms with E-state index in [4.69, 9.17) is 9.72 Å². The van der Waals surface area contributed by atoms with Crippen LogP contribution in [0.1, 0.15) is 55.3 Å². The van der Waals surface area contributed by atoms with Crippen LogP contribution in [0.4, 0.5) is 11.6 Å². The number of aromatic nitrogens is 2. The maximum atomic E-state index is 13.5. The minimum atomic E-state index is -0.388. The van der Waals surface area contributed by atoms with Gasteiger partial charge in [0, 0.05) is 50.0 Å². The highest BCUT2D eigenvalue weighted by molar-refractivity contribution is 5.95. The first-order valence-electron chi connectivity index (χ1n) is 14.4. The summed E-state index contributed by atoms with van der Waals surface area (Å²) in [6, 6.07) is 20.8. The van der Waals surface area contributed by atoms with Gasteiger partial charge in [-0.2, -0.15) is 4.98 Å². The number of anilines is 2. The number of allylic oxidation sites excluding steroid dienone is 1. The predicted octanol–water partition coefficient (Wildman–Crippen LogP) is 4.34. The number of hydrogen-bond acceptors (Lipinski definition) is 7. The minimum absolute atomic E-state index is 0.138. The monoisotopic (exact) mass is 539 g/mol. The van der Waals surface area contributed by atoms with E-state index in [0.29, 0.717) is 18.0 Å². The largest absolute Gasteiger partial charge is 0.463 e. The van der Waals surface area contributed by atoms with Crippen LogP contribution in [0.25, 0.3) is 0 Å². The van der Waals surface area contributed by atoms with Gasteiger partial charge in [0.05, 0.1) is 18.1 Å². The molecule has 3 heterocycles. The molecule has 0 radical (unpaired) electrons. The predicted molar refractivity (Wildman–Crippen MR) is 157 cm³/mol. The molecule has 3 aromatic rings. The van der Waals surface area contributed by atoms with Crippen molar-refractivity contribution in [3.8, 4) is 0 Å². The number of ether oxygens (including phenoxy) is 1. The fourth-order valence-corrected chi connectivity index (χ4v) is 6.02. The lowest BCUT2D eigenvalue weighted by molar-refractivity contribution is -0.138. The summed E-state index contributed by atoms with van der Waals surface area (Å²) < 4.78 is 7.36. The van der Waals surface area contributed by atoms with Gasteiger partial charge in [0.25, 0.3) is 0 Å². The number of esters is 1. The fraction of sp³-hybridized carbons (Fsp3) is 0.406. The molecule has 2 fully saturated rings. The van der Waals surface area contributed by atoms with E-state index in [0.717, 1.165) is 74.6 Å². The number of nitrogens with zero attached hydrogens (tertiary/aromatic N) is 4. The maximum absolute atomic E-state index is 13.5. The number of rotatable bonds is 8. The van der Waals surface area contributed by atoms with Gasteiger partial charge in [-0.3, -0.25) is 9.47 Å². The van der Waals surface area contributed by atoms with E-state index < -0.39 is 0 Å². The number of nitrogens with one attached hydrogen (secondary N) is 1. The van der Waals surface area contributed by atoms with Crippen LogP contribution >= 0.6 is 0 Å². The third-order valence-corrected chi connectivity index (χ3v) is 8.20. The number of hydrogen-bond donors (Lipinski definition) is 1. The van der Waals surface area contributed by atoms with Crippen molar-refractivity contribution in [3.63, 3.8) is 0 Å². The summed E-state index contributed by atoms with van der Waals surface area (Å²) in [4.78, 5) is 36.3. The molecule has 1 N–H and O–H groups in total. The lowest BCUT2D eigenvalue weighted by Crippen LogP contribution is -2.48. The van der Waals surface area contributed by atoms with E-state index >= 15 is 0 Å². The molecule has 8 heteroatoms. The van der Waals surface area contributed by atoms with Crippen molar-refractivity contribution in [3.05, 3.63) is 99.1 Å². The first-order valence-corrected chi connectivity index (χ1v) is 14.4. The lowest BCUT2D eigenvalue weighted by Gasteiger charge is -2.39. The van der Waals surface area contributed by atoms with Gasteiger partial charge in [-0.05, 0) is 44.2 Å². The van der Waals surface area contributed by atoms with Crippen LogP contribution in [0.2, 0.25) is 0 Å². The smallest absolute Gasteiger partial charge is 0.351 e. The number of carbonyl (C=O) groups is 1. The van der Waals surface area contributed by atoms with Crippen LogP contribution in [0.3, 0.4) is 0 Å². The quantitative estimate of drug-likeness (QED) is 0.427. The van der Waals surface area contributed by atoms with E-state index in [1.807, 2.05) is 48.7 Å². The van der Waals surface area contributed by atoms with Crippen molar-refractivity contribution >= 4 is 17.6 Å². The van der Waals surface area contributed by atoms with Gasteiger partial charge in [0.15, 0.2) is 0 Å². The fourth-order valence-electron chi connectivity index (χ4n) is 6.02. The molecule has 0 unspecified atom stereocenters. The highest BCUT2D eigenvalue weighted by Crippen LogP contribution is 2.48. The lowest BCUT2D eigenvalue weighted by atomic mass is 9.81. The van der Waals surface area contributed by atoms with Gasteiger partial charge in [-0.1, -0.05) is 60.7 Å². The van der Waals surface area contributed by atoms with E-state index in [1.165, 1.54) is 5.56 Å². The van der Waals surface area contributed by atoms with Crippen molar-refractivity contribution in [1.82, 2.24) is 14.5 Å². The van der Waals surface area contributed by atoms with Gasteiger partial charge < -0.3 is 15.0 Å². The second-order valence-electron chi connectivity index (χ2n) is 10.9. The van der Waals surface area contributed by atoms with E-state index in [-0.39, 0.29) is 23.6 Å². The molecule has 2 aliphatic heterocycles. The Balaban J connectivity index is 1.37. The molecule has 1 aromatic heterocycles. The molecular formula is C32H37N5O3.